The number of piperidine rings is 1. The predicted molar refractivity (Wildman–Crippen MR) is 55.8 cm³/mol. The van der Waals surface area contributed by atoms with E-state index in [1.54, 1.807) is 0 Å². The molecule has 2 heteroatoms. The van der Waals surface area contributed by atoms with Gasteiger partial charge in [-0.25, -0.2) is 0 Å². The van der Waals surface area contributed by atoms with E-state index in [2.05, 4.69) is 24.5 Å². The number of nitrogens with one attached hydrogen (secondary N) is 2. The van der Waals surface area contributed by atoms with Crippen molar-refractivity contribution in [2.24, 2.45) is 11.8 Å². The first-order chi connectivity index (χ1) is 6.25. The maximum absolute atomic E-state index is 3.80. The van der Waals surface area contributed by atoms with Gasteiger partial charge >= 0.3 is 0 Å². The lowest BCUT2D eigenvalue weighted by molar-refractivity contribution is 0.183. The van der Waals surface area contributed by atoms with Gasteiger partial charge in [0, 0.05) is 12.1 Å². The summed E-state index contributed by atoms with van der Waals surface area (Å²) in [7, 11) is 0. The maximum atomic E-state index is 3.80. The molecular formula is C11H22N2. The van der Waals surface area contributed by atoms with Crippen LogP contribution in [0.1, 0.15) is 33.1 Å². The molecule has 1 aliphatic heterocycles. The van der Waals surface area contributed by atoms with Gasteiger partial charge in [0.15, 0.2) is 0 Å². The van der Waals surface area contributed by atoms with Gasteiger partial charge in [-0.2, -0.15) is 0 Å². The predicted octanol–water partition coefficient (Wildman–Crippen LogP) is 1.37. The molecule has 2 atom stereocenters. The van der Waals surface area contributed by atoms with E-state index in [0.717, 1.165) is 23.9 Å². The fourth-order valence-corrected chi connectivity index (χ4v) is 2.60. The molecule has 1 saturated heterocycles. The fraction of sp³-hybridized carbons (Fsp3) is 1.00. The number of hydrogen-bond donors (Lipinski definition) is 2. The molecule has 1 saturated carbocycles. The van der Waals surface area contributed by atoms with E-state index in [4.69, 9.17) is 0 Å². The van der Waals surface area contributed by atoms with E-state index >= 15 is 0 Å². The molecule has 2 rings (SSSR count). The molecule has 2 fully saturated rings. The van der Waals surface area contributed by atoms with Crippen molar-refractivity contribution < 1.29 is 0 Å². The molecule has 0 aromatic heterocycles. The molecule has 2 N–H and O–H groups in total. The number of hydrogen-bond acceptors (Lipinski definition) is 2. The third-order valence-corrected chi connectivity index (χ3v) is 3.61. The van der Waals surface area contributed by atoms with Gasteiger partial charge in [-0.1, -0.05) is 13.8 Å². The quantitative estimate of drug-likeness (QED) is 0.674. The monoisotopic (exact) mass is 182 g/mol. The van der Waals surface area contributed by atoms with Gasteiger partial charge in [0.25, 0.3) is 0 Å². The molecule has 2 unspecified atom stereocenters. The minimum absolute atomic E-state index is 0.777. The normalized spacial score (nSPS) is 45.7. The SMILES string of the molecule is CC1CC(NC2CCNCC2C)C1. The van der Waals surface area contributed by atoms with Crippen LogP contribution in [0.25, 0.3) is 0 Å². The van der Waals surface area contributed by atoms with Crippen molar-refractivity contribution in [3.8, 4) is 0 Å². The van der Waals surface area contributed by atoms with Crippen LogP contribution < -0.4 is 10.6 Å². The molecule has 13 heavy (non-hydrogen) atoms. The zero-order valence-electron chi connectivity index (χ0n) is 8.84. The Morgan fingerprint density at radius 1 is 1.23 bits per heavy atom. The zero-order chi connectivity index (χ0) is 9.26. The van der Waals surface area contributed by atoms with Crippen LogP contribution in [0, 0.1) is 11.8 Å². The van der Waals surface area contributed by atoms with Crippen molar-refractivity contribution in [2.75, 3.05) is 13.1 Å². The smallest absolute Gasteiger partial charge is 0.0119 e. The van der Waals surface area contributed by atoms with Gasteiger partial charge in [-0.05, 0) is 44.2 Å². The van der Waals surface area contributed by atoms with E-state index in [1.807, 2.05) is 0 Å². The molecular weight excluding hydrogens is 160 g/mol. The molecule has 1 heterocycles. The highest BCUT2D eigenvalue weighted by atomic mass is 15.0. The van der Waals surface area contributed by atoms with Crippen molar-refractivity contribution in [1.29, 1.82) is 0 Å². The second kappa shape index (κ2) is 3.97. The molecule has 0 aromatic carbocycles. The van der Waals surface area contributed by atoms with Gasteiger partial charge in [0.1, 0.15) is 0 Å². The Morgan fingerprint density at radius 3 is 2.62 bits per heavy atom. The van der Waals surface area contributed by atoms with Crippen molar-refractivity contribution in [3.05, 3.63) is 0 Å². The maximum Gasteiger partial charge on any atom is 0.0119 e. The molecule has 0 amide bonds. The Balaban J connectivity index is 1.73. The van der Waals surface area contributed by atoms with E-state index in [0.29, 0.717) is 0 Å². The Hall–Kier alpha value is -0.0800. The van der Waals surface area contributed by atoms with Crippen molar-refractivity contribution in [3.63, 3.8) is 0 Å². The summed E-state index contributed by atoms with van der Waals surface area (Å²) >= 11 is 0. The summed E-state index contributed by atoms with van der Waals surface area (Å²) in [6, 6.07) is 1.61. The summed E-state index contributed by atoms with van der Waals surface area (Å²) in [5.41, 5.74) is 0. The lowest BCUT2D eigenvalue weighted by Crippen LogP contribution is -2.52. The van der Waals surface area contributed by atoms with Gasteiger partial charge < -0.3 is 10.6 Å². The minimum atomic E-state index is 0.777. The Labute approximate surface area is 81.5 Å². The van der Waals surface area contributed by atoms with Gasteiger partial charge in [-0.3, -0.25) is 0 Å². The first-order valence-electron chi connectivity index (χ1n) is 5.72. The first kappa shape index (κ1) is 9.47. The van der Waals surface area contributed by atoms with E-state index in [-0.39, 0.29) is 0 Å². The van der Waals surface area contributed by atoms with Crippen LogP contribution in [0.3, 0.4) is 0 Å². The van der Waals surface area contributed by atoms with Gasteiger partial charge in [0.05, 0.1) is 0 Å². The van der Waals surface area contributed by atoms with Crippen LogP contribution >= 0.6 is 0 Å². The highest BCUT2D eigenvalue weighted by molar-refractivity contribution is 4.89. The third kappa shape index (κ3) is 2.23. The summed E-state index contributed by atoms with van der Waals surface area (Å²) in [4.78, 5) is 0. The molecule has 2 aliphatic rings. The minimum Gasteiger partial charge on any atom is -0.316 e. The van der Waals surface area contributed by atoms with Gasteiger partial charge in [0.2, 0.25) is 0 Å². The second-order valence-corrected chi connectivity index (χ2v) is 5.02. The lowest BCUT2D eigenvalue weighted by Gasteiger charge is -2.40. The van der Waals surface area contributed by atoms with E-state index in [9.17, 15) is 0 Å². The van der Waals surface area contributed by atoms with Crippen LogP contribution in [0.4, 0.5) is 0 Å². The van der Waals surface area contributed by atoms with Crippen LogP contribution in [-0.4, -0.2) is 25.2 Å². The number of rotatable bonds is 2. The Morgan fingerprint density at radius 2 is 2.00 bits per heavy atom. The summed E-state index contributed by atoms with van der Waals surface area (Å²) in [6.07, 6.45) is 4.11. The Kier molecular flexibility index (Phi) is 2.89. The average molecular weight is 182 g/mol. The summed E-state index contributed by atoms with van der Waals surface area (Å²) in [6.45, 7) is 7.10. The van der Waals surface area contributed by atoms with Crippen molar-refractivity contribution >= 4 is 0 Å². The molecule has 0 spiro atoms. The van der Waals surface area contributed by atoms with Crippen molar-refractivity contribution in [2.45, 2.75) is 45.2 Å². The molecule has 2 nitrogen and oxygen atoms in total. The van der Waals surface area contributed by atoms with Crippen LogP contribution in [0.5, 0.6) is 0 Å². The molecule has 1 aliphatic carbocycles. The van der Waals surface area contributed by atoms with E-state index in [1.165, 1.54) is 32.4 Å². The molecule has 76 valence electrons. The largest absolute Gasteiger partial charge is 0.316 e. The highest BCUT2D eigenvalue weighted by Gasteiger charge is 2.29. The molecule has 0 aromatic rings. The topological polar surface area (TPSA) is 24.1 Å². The van der Waals surface area contributed by atoms with Crippen LogP contribution in [0.2, 0.25) is 0 Å². The van der Waals surface area contributed by atoms with E-state index < -0.39 is 0 Å². The zero-order valence-corrected chi connectivity index (χ0v) is 8.84. The summed E-state index contributed by atoms with van der Waals surface area (Å²) < 4.78 is 0. The van der Waals surface area contributed by atoms with Crippen LogP contribution in [-0.2, 0) is 0 Å². The van der Waals surface area contributed by atoms with Crippen molar-refractivity contribution in [1.82, 2.24) is 10.6 Å². The molecule has 0 bridgehead atoms. The first-order valence-corrected chi connectivity index (χ1v) is 5.72. The second-order valence-electron chi connectivity index (χ2n) is 5.02. The summed E-state index contributed by atoms with van der Waals surface area (Å²) in [5.74, 6) is 1.78. The summed E-state index contributed by atoms with van der Waals surface area (Å²) in [5, 5.41) is 7.24. The fourth-order valence-electron chi connectivity index (χ4n) is 2.60. The molecule has 0 radical (unpaired) electrons. The van der Waals surface area contributed by atoms with Crippen LogP contribution in [0.15, 0.2) is 0 Å². The standard InChI is InChI=1S/C11H22N2/c1-8-5-10(6-8)13-11-3-4-12-7-9(11)2/h8-13H,3-7H2,1-2H3. The lowest BCUT2D eigenvalue weighted by atomic mass is 9.80. The highest BCUT2D eigenvalue weighted by Crippen LogP contribution is 2.27. The van der Waals surface area contributed by atoms with Gasteiger partial charge in [-0.15, -0.1) is 0 Å². The third-order valence-electron chi connectivity index (χ3n) is 3.61. The Bertz CT molecular complexity index is 163. The average Bonchev–Trinajstić information content (AvgIpc) is 2.06.